The summed E-state index contributed by atoms with van der Waals surface area (Å²) in [5.41, 5.74) is 0.0884. The Balaban J connectivity index is 2.30. The fraction of sp³-hybridized carbons (Fsp3) is 0. The molecule has 0 bridgehead atoms. The predicted molar refractivity (Wildman–Crippen MR) is 72.3 cm³/mol. The largest absolute Gasteiger partial charge is 0.506 e. The highest BCUT2D eigenvalue weighted by molar-refractivity contribution is 6.31. The van der Waals surface area contributed by atoms with Crippen LogP contribution in [0.4, 0.5) is 5.69 Å². The van der Waals surface area contributed by atoms with Gasteiger partial charge in [-0.05, 0) is 24.3 Å². The van der Waals surface area contributed by atoms with Crippen molar-refractivity contribution in [3.63, 3.8) is 0 Å². The van der Waals surface area contributed by atoms with Crippen LogP contribution in [-0.2, 0) is 0 Å². The minimum absolute atomic E-state index is 0.107. The first-order chi connectivity index (χ1) is 9.47. The number of aromatic hydroxyl groups is 1. The molecule has 1 heterocycles. The van der Waals surface area contributed by atoms with Gasteiger partial charge in [-0.3, -0.25) is 9.78 Å². The molecule has 0 radical (unpaired) electrons. The molecule has 0 saturated carbocycles. The van der Waals surface area contributed by atoms with Crippen LogP contribution in [0, 0.1) is 0 Å². The Morgan fingerprint density at radius 3 is 2.60 bits per heavy atom. The Labute approximate surface area is 118 Å². The molecule has 0 aliphatic heterocycles. The topological polar surface area (TPSA) is 99.5 Å². The Hall–Kier alpha value is -2.60. The summed E-state index contributed by atoms with van der Waals surface area (Å²) in [4.78, 5) is 26.7. The number of benzene rings is 1. The van der Waals surface area contributed by atoms with Crippen LogP contribution in [0.5, 0.6) is 5.75 Å². The number of nitrogens with one attached hydrogen (secondary N) is 1. The zero-order valence-corrected chi connectivity index (χ0v) is 10.8. The molecule has 0 unspecified atom stereocenters. The molecule has 0 atom stereocenters. The summed E-state index contributed by atoms with van der Waals surface area (Å²) < 4.78 is 0. The van der Waals surface area contributed by atoms with Gasteiger partial charge >= 0.3 is 5.97 Å². The van der Waals surface area contributed by atoms with Gasteiger partial charge in [0.2, 0.25) is 0 Å². The van der Waals surface area contributed by atoms with E-state index in [4.69, 9.17) is 16.7 Å². The molecule has 20 heavy (non-hydrogen) atoms. The molecule has 102 valence electrons. The van der Waals surface area contributed by atoms with E-state index in [0.29, 0.717) is 0 Å². The quantitative estimate of drug-likeness (QED) is 0.806. The average molecular weight is 293 g/mol. The molecule has 3 N–H and O–H groups in total. The van der Waals surface area contributed by atoms with Gasteiger partial charge in [-0.15, -0.1) is 0 Å². The molecule has 0 aliphatic rings. The molecular weight excluding hydrogens is 284 g/mol. The molecule has 2 rings (SSSR count). The average Bonchev–Trinajstić information content (AvgIpc) is 2.40. The number of carbonyl (C=O) groups is 2. The third-order valence-corrected chi connectivity index (χ3v) is 2.68. The summed E-state index contributed by atoms with van der Waals surface area (Å²) >= 11 is 5.72. The highest BCUT2D eigenvalue weighted by Gasteiger charge is 2.14. The number of hydrogen-bond acceptors (Lipinski definition) is 4. The number of aromatic carboxylic acids is 1. The maximum absolute atomic E-state index is 11.9. The van der Waals surface area contributed by atoms with Gasteiger partial charge in [-0.25, -0.2) is 4.79 Å². The number of carboxylic acids is 1. The van der Waals surface area contributed by atoms with Gasteiger partial charge in [-0.2, -0.15) is 0 Å². The van der Waals surface area contributed by atoms with Crippen molar-refractivity contribution in [3.05, 3.63) is 52.8 Å². The Morgan fingerprint density at radius 2 is 1.95 bits per heavy atom. The fourth-order valence-electron chi connectivity index (χ4n) is 1.55. The number of rotatable bonds is 3. The molecule has 0 spiro atoms. The predicted octanol–water partition coefficient (Wildman–Crippen LogP) is 2.39. The zero-order chi connectivity index (χ0) is 14.7. The minimum atomic E-state index is -1.21. The van der Waals surface area contributed by atoms with Crippen molar-refractivity contribution in [1.82, 2.24) is 4.98 Å². The van der Waals surface area contributed by atoms with E-state index in [-0.39, 0.29) is 27.6 Å². The number of carbonyl (C=O) groups excluding carboxylic acids is 1. The number of carboxylic acid groups (broad SMARTS) is 1. The number of anilines is 1. The van der Waals surface area contributed by atoms with E-state index in [1.165, 1.54) is 36.7 Å². The van der Waals surface area contributed by atoms with Crippen molar-refractivity contribution in [2.75, 3.05) is 5.32 Å². The molecule has 1 aromatic heterocycles. The molecule has 0 fully saturated rings. The van der Waals surface area contributed by atoms with Gasteiger partial charge in [-0.1, -0.05) is 11.6 Å². The van der Waals surface area contributed by atoms with Crippen LogP contribution >= 0.6 is 11.6 Å². The summed E-state index contributed by atoms with van der Waals surface area (Å²) in [6, 6.07) is 5.31. The molecule has 1 amide bonds. The summed E-state index contributed by atoms with van der Waals surface area (Å²) in [5.74, 6) is -1.96. The van der Waals surface area contributed by atoms with E-state index in [9.17, 15) is 14.7 Å². The van der Waals surface area contributed by atoms with Crippen LogP contribution in [-0.4, -0.2) is 27.1 Å². The van der Waals surface area contributed by atoms with Crippen molar-refractivity contribution >= 4 is 29.2 Å². The van der Waals surface area contributed by atoms with E-state index in [0.717, 1.165) is 0 Å². The van der Waals surface area contributed by atoms with Crippen LogP contribution in [0.3, 0.4) is 0 Å². The summed E-state index contributed by atoms with van der Waals surface area (Å²) in [6.07, 6.45) is 2.44. The van der Waals surface area contributed by atoms with Gasteiger partial charge in [0.05, 0.1) is 23.0 Å². The molecule has 0 saturated heterocycles. The number of amides is 1. The molecule has 7 heteroatoms. The second kappa shape index (κ2) is 5.58. The normalized spacial score (nSPS) is 10.1. The van der Waals surface area contributed by atoms with Crippen molar-refractivity contribution in [2.24, 2.45) is 0 Å². The van der Waals surface area contributed by atoms with E-state index in [1.807, 2.05) is 0 Å². The minimum Gasteiger partial charge on any atom is -0.506 e. The smallest absolute Gasteiger partial charge is 0.337 e. The first-order valence-electron chi connectivity index (χ1n) is 5.45. The summed E-state index contributed by atoms with van der Waals surface area (Å²) in [7, 11) is 0. The first-order valence-corrected chi connectivity index (χ1v) is 5.83. The second-order valence-corrected chi connectivity index (χ2v) is 4.32. The first kappa shape index (κ1) is 13.8. The fourth-order valence-corrected chi connectivity index (χ4v) is 1.72. The van der Waals surface area contributed by atoms with Gasteiger partial charge in [0.15, 0.2) is 0 Å². The maximum Gasteiger partial charge on any atom is 0.337 e. The lowest BCUT2D eigenvalue weighted by molar-refractivity contribution is 0.0698. The number of pyridine rings is 1. The highest BCUT2D eigenvalue weighted by atomic mass is 35.5. The van der Waals surface area contributed by atoms with Crippen LogP contribution < -0.4 is 5.32 Å². The Bertz CT molecular complexity index is 688. The zero-order valence-electron chi connectivity index (χ0n) is 10.0. The third-order valence-electron chi connectivity index (χ3n) is 2.45. The Kier molecular flexibility index (Phi) is 3.86. The second-order valence-electron chi connectivity index (χ2n) is 3.88. The van der Waals surface area contributed by atoms with E-state index in [2.05, 4.69) is 10.3 Å². The van der Waals surface area contributed by atoms with Crippen LogP contribution in [0.2, 0.25) is 5.02 Å². The molecular formula is C13H9ClN2O4. The molecule has 0 aliphatic carbocycles. The van der Waals surface area contributed by atoms with E-state index in [1.54, 1.807) is 0 Å². The Morgan fingerprint density at radius 1 is 1.20 bits per heavy atom. The van der Waals surface area contributed by atoms with Crippen LogP contribution in [0.25, 0.3) is 0 Å². The van der Waals surface area contributed by atoms with Gasteiger partial charge in [0.1, 0.15) is 5.75 Å². The lowest BCUT2D eigenvalue weighted by atomic mass is 10.1. The molecule has 2 aromatic rings. The monoisotopic (exact) mass is 292 g/mol. The van der Waals surface area contributed by atoms with Crippen molar-refractivity contribution in [1.29, 1.82) is 0 Å². The number of nitrogens with zero attached hydrogens (tertiary/aromatic N) is 1. The van der Waals surface area contributed by atoms with Crippen molar-refractivity contribution in [3.8, 4) is 5.75 Å². The van der Waals surface area contributed by atoms with Crippen LogP contribution in [0.1, 0.15) is 20.7 Å². The SMILES string of the molecule is O=C(Nc1ccc(Cl)cc1C(=O)O)c1cncc(O)c1. The standard InChI is InChI=1S/C13H9ClN2O4/c14-8-1-2-11(10(4-8)13(19)20)16-12(18)7-3-9(17)6-15-5-7/h1-6,17H,(H,16,18)(H,19,20). The summed E-state index contributed by atoms with van der Waals surface area (Å²) in [5, 5.41) is 21.0. The van der Waals surface area contributed by atoms with Crippen molar-refractivity contribution in [2.45, 2.75) is 0 Å². The van der Waals surface area contributed by atoms with Crippen LogP contribution in [0.15, 0.2) is 36.7 Å². The van der Waals surface area contributed by atoms with E-state index >= 15 is 0 Å². The maximum atomic E-state index is 11.9. The van der Waals surface area contributed by atoms with E-state index < -0.39 is 11.9 Å². The van der Waals surface area contributed by atoms with Gasteiger partial charge in [0, 0.05) is 11.2 Å². The lowest BCUT2D eigenvalue weighted by Crippen LogP contribution is -2.15. The van der Waals surface area contributed by atoms with Gasteiger partial charge < -0.3 is 15.5 Å². The lowest BCUT2D eigenvalue weighted by Gasteiger charge is -2.08. The number of halogens is 1. The number of aromatic nitrogens is 1. The van der Waals surface area contributed by atoms with Crippen molar-refractivity contribution < 1.29 is 19.8 Å². The number of hydrogen-bond donors (Lipinski definition) is 3. The molecule has 6 nitrogen and oxygen atoms in total. The highest BCUT2D eigenvalue weighted by Crippen LogP contribution is 2.21. The van der Waals surface area contributed by atoms with Gasteiger partial charge in [0.25, 0.3) is 5.91 Å². The molecule has 1 aromatic carbocycles. The summed E-state index contributed by atoms with van der Waals surface area (Å²) in [6.45, 7) is 0. The third kappa shape index (κ3) is 3.04.